The molecule has 4 nitrogen and oxygen atoms in total. The van der Waals surface area contributed by atoms with Gasteiger partial charge in [-0.15, -0.1) is 0 Å². The number of aliphatic hydroxyl groups excluding tert-OH is 1. The van der Waals surface area contributed by atoms with Crippen LogP contribution in [0, 0.1) is 0 Å². The molecule has 2 N–H and O–H groups in total. The average molecular weight is 133 g/mol. The van der Waals surface area contributed by atoms with Gasteiger partial charge in [-0.25, -0.2) is 0 Å². The molecule has 1 fully saturated rings. The number of methoxy groups -OCH3 is 1. The van der Waals surface area contributed by atoms with E-state index in [1.54, 1.807) is 0 Å². The molecule has 0 aromatic heterocycles. The Labute approximate surface area is 53.8 Å². The van der Waals surface area contributed by atoms with Gasteiger partial charge in [0.1, 0.15) is 0 Å². The first-order valence-corrected chi connectivity index (χ1v) is 2.90. The van der Waals surface area contributed by atoms with Gasteiger partial charge >= 0.3 is 0 Å². The first-order chi connectivity index (χ1) is 4.34. The van der Waals surface area contributed by atoms with Gasteiger partial charge in [0.15, 0.2) is 12.5 Å². The molecule has 4 heteroatoms. The SMILES string of the molecule is CO[C@H]1OCCN[C@@H]1O. The van der Waals surface area contributed by atoms with Gasteiger partial charge in [-0.1, -0.05) is 0 Å². The summed E-state index contributed by atoms with van der Waals surface area (Å²) in [5, 5.41) is 11.8. The fourth-order valence-electron chi connectivity index (χ4n) is 0.766. The second-order valence-corrected chi connectivity index (χ2v) is 1.87. The summed E-state index contributed by atoms with van der Waals surface area (Å²) in [4.78, 5) is 0. The van der Waals surface area contributed by atoms with Crippen molar-refractivity contribution in [2.75, 3.05) is 20.3 Å². The zero-order valence-corrected chi connectivity index (χ0v) is 5.33. The van der Waals surface area contributed by atoms with E-state index in [9.17, 15) is 0 Å². The Morgan fingerprint density at radius 2 is 2.56 bits per heavy atom. The molecule has 1 aliphatic heterocycles. The van der Waals surface area contributed by atoms with Gasteiger partial charge in [0.25, 0.3) is 0 Å². The fraction of sp³-hybridized carbons (Fsp3) is 1.00. The molecule has 0 saturated carbocycles. The van der Waals surface area contributed by atoms with Gasteiger partial charge in [-0.05, 0) is 0 Å². The third kappa shape index (κ3) is 1.62. The second-order valence-electron chi connectivity index (χ2n) is 1.87. The van der Waals surface area contributed by atoms with Crippen LogP contribution in [0.2, 0.25) is 0 Å². The van der Waals surface area contributed by atoms with E-state index in [1.807, 2.05) is 0 Å². The molecule has 0 bridgehead atoms. The molecule has 0 unspecified atom stereocenters. The van der Waals surface area contributed by atoms with Crippen molar-refractivity contribution in [3.8, 4) is 0 Å². The van der Waals surface area contributed by atoms with Crippen molar-refractivity contribution < 1.29 is 14.6 Å². The molecule has 0 aromatic carbocycles. The minimum Gasteiger partial charge on any atom is -0.373 e. The van der Waals surface area contributed by atoms with Gasteiger partial charge in [0.05, 0.1) is 6.61 Å². The number of morpholine rings is 1. The van der Waals surface area contributed by atoms with E-state index < -0.39 is 12.5 Å². The summed E-state index contributed by atoms with van der Waals surface area (Å²) < 4.78 is 9.77. The van der Waals surface area contributed by atoms with Crippen LogP contribution in [-0.2, 0) is 9.47 Å². The summed E-state index contributed by atoms with van der Waals surface area (Å²) in [6.07, 6.45) is -1.18. The van der Waals surface area contributed by atoms with Crippen molar-refractivity contribution in [1.29, 1.82) is 0 Å². The minimum atomic E-state index is -0.677. The monoisotopic (exact) mass is 133 g/mol. The number of nitrogens with one attached hydrogen (secondary N) is 1. The van der Waals surface area contributed by atoms with Crippen molar-refractivity contribution in [1.82, 2.24) is 5.32 Å². The topological polar surface area (TPSA) is 50.7 Å². The molecule has 1 rings (SSSR count). The normalized spacial score (nSPS) is 36.7. The second kappa shape index (κ2) is 3.12. The molecule has 0 amide bonds. The molecule has 2 atom stereocenters. The van der Waals surface area contributed by atoms with Crippen LogP contribution in [0.25, 0.3) is 0 Å². The maximum absolute atomic E-state index is 9.01. The summed E-state index contributed by atoms with van der Waals surface area (Å²) in [5.74, 6) is 0. The Morgan fingerprint density at radius 3 is 3.00 bits per heavy atom. The minimum absolute atomic E-state index is 0.501. The highest BCUT2D eigenvalue weighted by Gasteiger charge is 2.21. The van der Waals surface area contributed by atoms with E-state index in [1.165, 1.54) is 7.11 Å². The van der Waals surface area contributed by atoms with E-state index in [2.05, 4.69) is 5.32 Å². The predicted octanol–water partition coefficient (Wildman–Crippen LogP) is -1.10. The Hall–Kier alpha value is -0.160. The van der Waals surface area contributed by atoms with Gasteiger partial charge in [-0.2, -0.15) is 0 Å². The molecule has 9 heavy (non-hydrogen) atoms. The summed E-state index contributed by atoms with van der Waals surface area (Å²) in [5.41, 5.74) is 0. The van der Waals surface area contributed by atoms with Crippen LogP contribution < -0.4 is 5.32 Å². The Morgan fingerprint density at radius 1 is 1.78 bits per heavy atom. The van der Waals surface area contributed by atoms with Crippen LogP contribution in [0.4, 0.5) is 0 Å². The van der Waals surface area contributed by atoms with Gasteiger partial charge in [-0.3, -0.25) is 5.32 Å². The quantitative estimate of drug-likeness (QED) is 0.476. The number of hydrogen-bond acceptors (Lipinski definition) is 4. The molecule has 0 radical (unpaired) electrons. The molecule has 1 aliphatic rings. The number of aliphatic hydroxyl groups is 1. The first-order valence-electron chi connectivity index (χ1n) is 2.90. The largest absolute Gasteiger partial charge is 0.373 e. The molecular formula is C5H11NO3. The summed E-state index contributed by atoms with van der Waals surface area (Å²) in [6, 6.07) is 0. The van der Waals surface area contributed by atoms with Crippen LogP contribution in [0.3, 0.4) is 0 Å². The van der Waals surface area contributed by atoms with E-state index in [-0.39, 0.29) is 0 Å². The highest BCUT2D eigenvalue weighted by Crippen LogP contribution is 2.01. The lowest BCUT2D eigenvalue weighted by molar-refractivity contribution is -0.207. The molecule has 0 spiro atoms. The Kier molecular flexibility index (Phi) is 2.41. The maximum atomic E-state index is 9.01. The molecular weight excluding hydrogens is 122 g/mol. The van der Waals surface area contributed by atoms with Crippen molar-refractivity contribution >= 4 is 0 Å². The number of rotatable bonds is 1. The van der Waals surface area contributed by atoms with E-state index in [0.717, 1.165) is 0 Å². The lowest BCUT2D eigenvalue weighted by Crippen LogP contribution is -2.48. The third-order valence-corrected chi connectivity index (χ3v) is 1.23. The number of ether oxygens (including phenoxy) is 2. The molecule has 1 saturated heterocycles. The van der Waals surface area contributed by atoms with E-state index in [4.69, 9.17) is 14.6 Å². The molecule has 0 aliphatic carbocycles. The van der Waals surface area contributed by atoms with Gasteiger partial charge in [0.2, 0.25) is 0 Å². The molecule has 0 aromatic rings. The molecule has 54 valence electrons. The predicted molar refractivity (Wildman–Crippen MR) is 30.8 cm³/mol. The van der Waals surface area contributed by atoms with Crippen molar-refractivity contribution in [3.05, 3.63) is 0 Å². The molecule has 1 heterocycles. The van der Waals surface area contributed by atoms with Gasteiger partial charge in [0, 0.05) is 13.7 Å². The van der Waals surface area contributed by atoms with Crippen molar-refractivity contribution in [2.45, 2.75) is 12.5 Å². The van der Waals surface area contributed by atoms with Gasteiger partial charge < -0.3 is 14.6 Å². The summed E-state index contributed by atoms with van der Waals surface area (Å²) in [6.45, 7) is 1.27. The maximum Gasteiger partial charge on any atom is 0.197 e. The van der Waals surface area contributed by atoms with E-state index in [0.29, 0.717) is 13.2 Å². The highest BCUT2D eigenvalue weighted by atomic mass is 16.7. The van der Waals surface area contributed by atoms with Crippen LogP contribution in [-0.4, -0.2) is 37.9 Å². The lowest BCUT2D eigenvalue weighted by atomic mass is 10.4. The highest BCUT2D eigenvalue weighted by molar-refractivity contribution is 4.62. The zero-order chi connectivity index (χ0) is 6.69. The van der Waals surface area contributed by atoms with Crippen LogP contribution in [0.5, 0.6) is 0 Å². The summed E-state index contributed by atoms with van der Waals surface area (Å²) >= 11 is 0. The van der Waals surface area contributed by atoms with E-state index >= 15 is 0 Å². The van der Waals surface area contributed by atoms with Crippen molar-refractivity contribution in [2.24, 2.45) is 0 Å². The summed E-state index contributed by atoms with van der Waals surface area (Å²) in [7, 11) is 1.50. The Balaban J connectivity index is 2.30. The standard InChI is InChI=1S/C5H11NO3/c1-8-5-4(7)6-2-3-9-5/h4-7H,2-3H2,1H3/t4-,5+/m1/s1. The third-order valence-electron chi connectivity index (χ3n) is 1.23. The Bertz CT molecular complexity index is 88.3. The average Bonchev–Trinajstić information content (AvgIpc) is 1.89. The number of hydrogen-bond donors (Lipinski definition) is 2. The van der Waals surface area contributed by atoms with Crippen LogP contribution in [0.1, 0.15) is 0 Å². The van der Waals surface area contributed by atoms with Crippen LogP contribution >= 0.6 is 0 Å². The fourth-order valence-corrected chi connectivity index (χ4v) is 0.766. The first kappa shape index (κ1) is 6.95. The van der Waals surface area contributed by atoms with Crippen LogP contribution in [0.15, 0.2) is 0 Å². The van der Waals surface area contributed by atoms with Crippen molar-refractivity contribution in [3.63, 3.8) is 0 Å². The lowest BCUT2D eigenvalue weighted by Gasteiger charge is -2.27. The zero-order valence-electron chi connectivity index (χ0n) is 5.33. The smallest absolute Gasteiger partial charge is 0.197 e.